The average Bonchev–Trinajstić information content (AvgIpc) is 2.69. The van der Waals surface area contributed by atoms with Crippen LogP contribution in [0.3, 0.4) is 0 Å². The molecule has 0 bridgehead atoms. The molecule has 0 radical (unpaired) electrons. The maximum Gasteiger partial charge on any atom is 0.407 e. The number of hydrogen-bond donors (Lipinski definition) is 2. The molecule has 1 aromatic heterocycles. The lowest BCUT2D eigenvalue weighted by Crippen LogP contribution is -2.32. The maximum absolute atomic E-state index is 10.9. The molecule has 92 valence electrons. The fourth-order valence-electron chi connectivity index (χ4n) is 0.756. The predicted octanol–water partition coefficient (Wildman–Crippen LogP) is 2.33. The van der Waals surface area contributed by atoms with E-state index in [4.69, 9.17) is 4.74 Å². The molecule has 0 spiro atoms. The standard InChI is InChI=1S/C8H17NO2.C3H4N2/c1-5-6-9-7(10)11-8(2,3)4;1-2-5-3-4-1/h5-6H2,1-4H3,(H,9,10);1-3H,(H,4,5). The Balaban J connectivity index is 0.000000368. The summed E-state index contributed by atoms with van der Waals surface area (Å²) >= 11 is 0. The van der Waals surface area contributed by atoms with Gasteiger partial charge in [-0.05, 0) is 27.2 Å². The molecule has 0 aliphatic heterocycles. The van der Waals surface area contributed by atoms with Crippen molar-refractivity contribution in [1.82, 2.24) is 15.3 Å². The van der Waals surface area contributed by atoms with E-state index in [2.05, 4.69) is 15.3 Å². The van der Waals surface area contributed by atoms with Gasteiger partial charge in [-0.15, -0.1) is 0 Å². The summed E-state index contributed by atoms with van der Waals surface area (Å²) in [6.07, 6.45) is 5.68. The van der Waals surface area contributed by atoms with Gasteiger partial charge in [0.2, 0.25) is 0 Å². The smallest absolute Gasteiger partial charge is 0.407 e. The van der Waals surface area contributed by atoms with Crippen molar-refractivity contribution in [2.45, 2.75) is 39.7 Å². The van der Waals surface area contributed by atoms with Crippen LogP contribution in [-0.4, -0.2) is 28.2 Å². The normalized spacial score (nSPS) is 10.0. The van der Waals surface area contributed by atoms with Crippen molar-refractivity contribution in [2.75, 3.05) is 6.54 Å². The molecule has 1 aromatic rings. The number of nitrogens with one attached hydrogen (secondary N) is 2. The molecule has 0 atom stereocenters. The van der Waals surface area contributed by atoms with Crippen molar-refractivity contribution in [2.24, 2.45) is 0 Å². The number of amides is 1. The van der Waals surface area contributed by atoms with Crippen LogP contribution in [0.1, 0.15) is 34.1 Å². The molecule has 5 heteroatoms. The quantitative estimate of drug-likeness (QED) is 0.814. The van der Waals surface area contributed by atoms with Crippen molar-refractivity contribution >= 4 is 6.09 Å². The minimum Gasteiger partial charge on any atom is -0.444 e. The highest BCUT2D eigenvalue weighted by Gasteiger charge is 2.14. The first-order valence-corrected chi connectivity index (χ1v) is 5.35. The highest BCUT2D eigenvalue weighted by atomic mass is 16.6. The third-order valence-corrected chi connectivity index (χ3v) is 1.32. The first kappa shape index (κ1) is 14.5. The lowest BCUT2D eigenvalue weighted by Gasteiger charge is -2.19. The molecule has 16 heavy (non-hydrogen) atoms. The van der Waals surface area contributed by atoms with E-state index in [-0.39, 0.29) is 6.09 Å². The van der Waals surface area contributed by atoms with Crippen LogP contribution in [0.4, 0.5) is 4.79 Å². The molecule has 1 amide bonds. The molecule has 0 aliphatic rings. The SMILES string of the molecule is CCCNC(=O)OC(C)(C)C.c1c[nH]cn1. The Hall–Kier alpha value is -1.52. The second-order valence-electron chi connectivity index (χ2n) is 4.19. The minimum absolute atomic E-state index is 0.334. The summed E-state index contributed by atoms with van der Waals surface area (Å²) in [5.74, 6) is 0. The van der Waals surface area contributed by atoms with Crippen LogP contribution in [0.2, 0.25) is 0 Å². The van der Waals surface area contributed by atoms with Crippen molar-refractivity contribution in [1.29, 1.82) is 0 Å². The van der Waals surface area contributed by atoms with Gasteiger partial charge in [-0.25, -0.2) is 9.78 Å². The molecule has 2 N–H and O–H groups in total. The number of rotatable bonds is 2. The highest BCUT2D eigenvalue weighted by Crippen LogP contribution is 2.05. The molecular formula is C11H21N3O2. The Bertz CT molecular complexity index is 248. The number of carbonyl (C=O) groups is 1. The number of H-pyrrole nitrogens is 1. The molecular weight excluding hydrogens is 206 g/mol. The number of hydrogen-bond acceptors (Lipinski definition) is 3. The number of alkyl carbamates (subject to hydrolysis) is 1. The van der Waals surface area contributed by atoms with Crippen LogP contribution in [-0.2, 0) is 4.74 Å². The van der Waals surface area contributed by atoms with Crippen molar-refractivity contribution in [3.05, 3.63) is 18.7 Å². The number of nitrogens with zero attached hydrogens (tertiary/aromatic N) is 1. The Morgan fingerprint density at radius 2 is 2.19 bits per heavy atom. The van der Waals surface area contributed by atoms with Gasteiger partial charge in [-0.2, -0.15) is 0 Å². The van der Waals surface area contributed by atoms with Crippen LogP contribution in [0, 0.1) is 0 Å². The largest absolute Gasteiger partial charge is 0.444 e. The first-order valence-electron chi connectivity index (χ1n) is 5.35. The molecule has 0 saturated heterocycles. The van der Waals surface area contributed by atoms with E-state index in [9.17, 15) is 4.79 Å². The Kier molecular flexibility index (Phi) is 7.00. The zero-order valence-electron chi connectivity index (χ0n) is 10.4. The molecule has 1 heterocycles. The Morgan fingerprint density at radius 1 is 1.50 bits per heavy atom. The predicted molar refractivity (Wildman–Crippen MR) is 63.1 cm³/mol. The Labute approximate surface area is 96.6 Å². The van der Waals surface area contributed by atoms with Gasteiger partial charge in [-0.3, -0.25) is 0 Å². The zero-order chi connectivity index (χ0) is 12.4. The molecule has 1 rings (SSSR count). The van der Waals surface area contributed by atoms with Crippen molar-refractivity contribution < 1.29 is 9.53 Å². The number of aromatic nitrogens is 2. The van der Waals surface area contributed by atoms with E-state index < -0.39 is 5.60 Å². The van der Waals surface area contributed by atoms with Gasteiger partial charge in [0.25, 0.3) is 0 Å². The van der Waals surface area contributed by atoms with Crippen molar-refractivity contribution in [3.8, 4) is 0 Å². The molecule has 0 fully saturated rings. The topological polar surface area (TPSA) is 67.0 Å². The van der Waals surface area contributed by atoms with E-state index in [1.54, 1.807) is 18.7 Å². The monoisotopic (exact) mass is 227 g/mol. The highest BCUT2D eigenvalue weighted by molar-refractivity contribution is 5.67. The van der Waals surface area contributed by atoms with Gasteiger partial charge in [-0.1, -0.05) is 6.92 Å². The lowest BCUT2D eigenvalue weighted by atomic mass is 10.2. The minimum atomic E-state index is -0.391. The van der Waals surface area contributed by atoms with Crippen LogP contribution >= 0.6 is 0 Å². The summed E-state index contributed by atoms with van der Waals surface area (Å²) in [6, 6.07) is 0. The molecule has 0 aliphatic carbocycles. The van der Waals surface area contributed by atoms with Crippen LogP contribution in [0.25, 0.3) is 0 Å². The number of aromatic amines is 1. The van der Waals surface area contributed by atoms with E-state index >= 15 is 0 Å². The van der Waals surface area contributed by atoms with Gasteiger partial charge in [0.15, 0.2) is 0 Å². The molecule has 5 nitrogen and oxygen atoms in total. The molecule has 0 unspecified atom stereocenters. The maximum atomic E-state index is 10.9. The summed E-state index contributed by atoms with van der Waals surface area (Å²) < 4.78 is 4.99. The van der Waals surface area contributed by atoms with E-state index in [0.717, 1.165) is 6.42 Å². The summed E-state index contributed by atoms with van der Waals surface area (Å²) in [6.45, 7) is 8.21. The number of ether oxygens (including phenoxy) is 1. The van der Waals surface area contributed by atoms with E-state index in [1.165, 1.54) is 0 Å². The van der Waals surface area contributed by atoms with E-state index in [1.807, 2.05) is 27.7 Å². The Morgan fingerprint density at radius 3 is 2.50 bits per heavy atom. The van der Waals surface area contributed by atoms with Gasteiger partial charge in [0.1, 0.15) is 5.60 Å². The van der Waals surface area contributed by atoms with Crippen molar-refractivity contribution in [3.63, 3.8) is 0 Å². The van der Waals surface area contributed by atoms with Gasteiger partial charge in [0, 0.05) is 18.9 Å². The summed E-state index contributed by atoms with van der Waals surface area (Å²) in [5, 5.41) is 2.63. The molecule has 0 saturated carbocycles. The third kappa shape index (κ3) is 10.6. The van der Waals surface area contributed by atoms with Gasteiger partial charge < -0.3 is 15.0 Å². The first-order chi connectivity index (χ1) is 7.45. The molecule has 0 aromatic carbocycles. The number of imidazole rings is 1. The van der Waals surface area contributed by atoms with Crippen LogP contribution < -0.4 is 5.32 Å². The zero-order valence-corrected chi connectivity index (χ0v) is 10.4. The summed E-state index contributed by atoms with van der Waals surface area (Å²) in [5.41, 5.74) is -0.391. The number of carbonyl (C=O) groups excluding carboxylic acids is 1. The average molecular weight is 227 g/mol. The lowest BCUT2D eigenvalue weighted by molar-refractivity contribution is 0.0528. The summed E-state index contributed by atoms with van der Waals surface area (Å²) in [7, 11) is 0. The fourth-order valence-corrected chi connectivity index (χ4v) is 0.756. The second-order valence-corrected chi connectivity index (χ2v) is 4.19. The van der Waals surface area contributed by atoms with Gasteiger partial charge >= 0.3 is 6.09 Å². The van der Waals surface area contributed by atoms with Gasteiger partial charge in [0.05, 0.1) is 6.33 Å². The second kappa shape index (κ2) is 7.73. The third-order valence-electron chi connectivity index (χ3n) is 1.32. The van der Waals surface area contributed by atoms with Crippen LogP contribution in [0.5, 0.6) is 0 Å². The van der Waals surface area contributed by atoms with Crippen LogP contribution in [0.15, 0.2) is 18.7 Å². The summed E-state index contributed by atoms with van der Waals surface area (Å²) in [4.78, 5) is 17.3. The van der Waals surface area contributed by atoms with E-state index in [0.29, 0.717) is 6.54 Å². The fraction of sp³-hybridized carbons (Fsp3) is 0.636.